The Morgan fingerprint density at radius 1 is 0.735 bits per heavy atom. The first kappa shape index (κ1) is 33.3. The topological polar surface area (TPSA) is 133 Å². The molecule has 2 aromatic heterocycles. The molecule has 0 spiro atoms. The third kappa shape index (κ3) is 7.77. The van der Waals surface area contributed by atoms with E-state index in [0.717, 1.165) is 54.9 Å². The van der Waals surface area contributed by atoms with E-state index in [1.807, 2.05) is 55.5 Å². The summed E-state index contributed by atoms with van der Waals surface area (Å²) in [4.78, 5) is 39.2. The van der Waals surface area contributed by atoms with E-state index in [2.05, 4.69) is 68.1 Å². The number of esters is 1. The number of ether oxygens (including phenoxy) is 1. The van der Waals surface area contributed by atoms with Gasteiger partial charge in [0.25, 0.3) is 5.91 Å². The fraction of sp³-hybridized carbons (Fsp3) is 0.128. The lowest BCUT2D eigenvalue weighted by atomic mass is 10.00. The van der Waals surface area contributed by atoms with Crippen LogP contribution in [0.25, 0.3) is 33.2 Å². The van der Waals surface area contributed by atoms with Crippen LogP contribution in [0.2, 0.25) is 0 Å². The van der Waals surface area contributed by atoms with Crippen LogP contribution in [0.4, 0.5) is 0 Å². The van der Waals surface area contributed by atoms with Crippen molar-refractivity contribution in [3.05, 3.63) is 153 Å². The Kier molecular flexibility index (Phi) is 9.98. The SMILES string of the molecule is COC(=O)c1cccc(Cc2nc3cc(Br)c(C)cc3[nH]2)c1.Cc1cc2[nH]c(Cc3cccc(C(=O)NO)c3)nc2cc1-c1ccccc1. The molecule has 7 aromatic rings. The number of rotatable bonds is 7. The zero-order chi connectivity index (χ0) is 34.5. The monoisotopic (exact) mass is 715 g/mol. The fourth-order valence-electron chi connectivity index (χ4n) is 5.71. The number of fused-ring (bicyclic) bond motifs is 2. The number of nitrogens with one attached hydrogen (secondary N) is 3. The number of H-pyrrole nitrogens is 2. The maximum absolute atomic E-state index is 11.6. The van der Waals surface area contributed by atoms with E-state index in [-0.39, 0.29) is 5.97 Å². The van der Waals surface area contributed by atoms with Gasteiger partial charge in [0.2, 0.25) is 0 Å². The summed E-state index contributed by atoms with van der Waals surface area (Å²) in [6, 6.07) is 33.1. The second kappa shape index (κ2) is 14.7. The van der Waals surface area contributed by atoms with Crippen LogP contribution >= 0.6 is 15.9 Å². The number of carbonyl (C=O) groups is 2. The number of benzene rings is 5. The molecular weight excluding hydrogens is 682 g/mol. The Bertz CT molecular complexity index is 2260. The van der Waals surface area contributed by atoms with Crippen LogP contribution in [0.1, 0.15) is 54.6 Å². The predicted octanol–water partition coefficient (Wildman–Crippen LogP) is 8.26. The zero-order valence-corrected chi connectivity index (χ0v) is 28.8. The van der Waals surface area contributed by atoms with E-state index in [1.54, 1.807) is 29.7 Å². The number of hydrogen-bond acceptors (Lipinski definition) is 6. The largest absolute Gasteiger partial charge is 0.465 e. The normalized spacial score (nSPS) is 10.9. The molecule has 7 rings (SSSR count). The van der Waals surface area contributed by atoms with Gasteiger partial charge in [0, 0.05) is 22.9 Å². The van der Waals surface area contributed by atoms with E-state index in [9.17, 15) is 9.59 Å². The van der Waals surface area contributed by atoms with E-state index in [4.69, 9.17) is 14.9 Å². The van der Waals surface area contributed by atoms with Gasteiger partial charge < -0.3 is 14.7 Å². The lowest BCUT2D eigenvalue weighted by molar-refractivity contribution is 0.0600. The van der Waals surface area contributed by atoms with Gasteiger partial charge in [-0.1, -0.05) is 70.5 Å². The van der Waals surface area contributed by atoms with Crippen LogP contribution in [-0.2, 0) is 17.6 Å². The third-order valence-electron chi connectivity index (χ3n) is 8.16. The Morgan fingerprint density at radius 2 is 1.31 bits per heavy atom. The van der Waals surface area contributed by atoms with Crippen molar-refractivity contribution in [3.8, 4) is 11.1 Å². The average molecular weight is 717 g/mol. The van der Waals surface area contributed by atoms with Crippen LogP contribution < -0.4 is 5.48 Å². The molecule has 0 unspecified atom stereocenters. The predicted molar refractivity (Wildman–Crippen MR) is 194 cm³/mol. The van der Waals surface area contributed by atoms with Gasteiger partial charge in [-0.15, -0.1) is 0 Å². The van der Waals surface area contributed by atoms with Gasteiger partial charge in [-0.05, 0) is 95.8 Å². The van der Waals surface area contributed by atoms with Crippen molar-refractivity contribution in [1.82, 2.24) is 25.4 Å². The van der Waals surface area contributed by atoms with Gasteiger partial charge in [0.05, 0.1) is 34.7 Å². The number of imidazole rings is 2. The number of methoxy groups -OCH3 is 1. The highest BCUT2D eigenvalue weighted by molar-refractivity contribution is 9.10. The third-order valence-corrected chi connectivity index (χ3v) is 9.01. The van der Waals surface area contributed by atoms with E-state index < -0.39 is 5.91 Å². The zero-order valence-electron chi connectivity index (χ0n) is 27.2. The number of aryl methyl sites for hydroxylation is 2. The molecule has 0 bridgehead atoms. The second-order valence-electron chi connectivity index (χ2n) is 11.7. The number of nitrogens with zero attached hydrogens (tertiary/aromatic N) is 2. The van der Waals surface area contributed by atoms with Gasteiger partial charge in [0.15, 0.2) is 0 Å². The summed E-state index contributed by atoms with van der Waals surface area (Å²) < 4.78 is 5.80. The van der Waals surface area contributed by atoms with Gasteiger partial charge in [-0.2, -0.15) is 0 Å². The van der Waals surface area contributed by atoms with Crippen molar-refractivity contribution in [2.24, 2.45) is 0 Å². The van der Waals surface area contributed by atoms with E-state index in [1.165, 1.54) is 23.8 Å². The number of hydrogen-bond donors (Lipinski definition) is 4. The lowest BCUT2D eigenvalue weighted by Gasteiger charge is -2.05. The van der Waals surface area contributed by atoms with Gasteiger partial charge in [0.1, 0.15) is 11.6 Å². The van der Waals surface area contributed by atoms with Crippen molar-refractivity contribution in [2.45, 2.75) is 26.7 Å². The molecule has 0 saturated heterocycles. The van der Waals surface area contributed by atoms with Gasteiger partial charge in [-0.25, -0.2) is 20.2 Å². The van der Waals surface area contributed by atoms with E-state index in [0.29, 0.717) is 24.0 Å². The molecule has 0 aliphatic carbocycles. The number of hydroxylamine groups is 1. The lowest BCUT2D eigenvalue weighted by Crippen LogP contribution is -2.18. The molecule has 0 aliphatic heterocycles. The second-order valence-corrected chi connectivity index (χ2v) is 12.6. The summed E-state index contributed by atoms with van der Waals surface area (Å²) in [5.41, 5.74) is 13.1. The van der Waals surface area contributed by atoms with Crippen LogP contribution in [0, 0.1) is 13.8 Å². The number of halogens is 1. The molecule has 2 heterocycles. The Labute approximate surface area is 291 Å². The maximum atomic E-state index is 11.6. The smallest absolute Gasteiger partial charge is 0.337 e. The minimum atomic E-state index is -0.524. The Balaban J connectivity index is 0.000000174. The summed E-state index contributed by atoms with van der Waals surface area (Å²) in [7, 11) is 1.38. The Morgan fingerprint density at radius 3 is 1.92 bits per heavy atom. The molecule has 49 heavy (non-hydrogen) atoms. The van der Waals surface area contributed by atoms with Crippen LogP contribution in [0.3, 0.4) is 0 Å². The molecular formula is C39H34BrN5O4. The maximum Gasteiger partial charge on any atom is 0.337 e. The summed E-state index contributed by atoms with van der Waals surface area (Å²) in [6.07, 6.45) is 1.21. The van der Waals surface area contributed by atoms with Crippen molar-refractivity contribution < 1.29 is 19.5 Å². The number of carbonyl (C=O) groups excluding carboxylic acids is 2. The number of aromatic amines is 2. The molecule has 0 saturated carbocycles. The van der Waals surface area contributed by atoms with E-state index >= 15 is 0 Å². The highest BCUT2D eigenvalue weighted by atomic mass is 79.9. The van der Waals surface area contributed by atoms with Crippen molar-refractivity contribution in [2.75, 3.05) is 7.11 Å². The summed E-state index contributed by atoms with van der Waals surface area (Å²) in [5, 5.41) is 8.79. The quantitative estimate of drug-likeness (QED) is 0.0746. The molecule has 0 atom stereocenters. The average Bonchev–Trinajstić information content (AvgIpc) is 3.69. The van der Waals surface area contributed by atoms with Crippen molar-refractivity contribution in [3.63, 3.8) is 0 Å². The minimum absolute atomic E-state index is 0.328. The first-order chi connectivity index (χ1) is 23.7. The molecule has 246 valence electrons. The Hall–Kier alpha value is -5.58. The van der Waals surface area contributed by atoms with Gasteiger partial charge in [-0.3, -0.25) is 10.0 Å². The molecule has 0 aliphatic rings. The highest BCUT2D eigenvalue weighted by Crippen LogP contribution is 2.28. The molecule has 1 amide bonds. The number of aromatic nitrogens is 4. The molecule has 0 radical (unpaired) electrons. The summed E-state index contributed by atoms with van der Waals surface area (Å²) in [6.45, 7) is 4.14. The fourth-order valence-corrected chi connectivity index (χ4v) is 6.04. The molecule has 4 N–H and O–H groups in total. The molecule has 10 heteroatoms. The highest BCUT2D eigenvalue weighted by Gasteiger charge is 2.12. The molecule has 5 aromatic carbocycles. The number of amides is 1. The first-order valence-electron chi connectivity index (χ1n) is 15.6. The van der Waals surface area contributed by atoms with Gasteiger partial charge >= 0.3 is 5.97 Å². The van der Waals surface area contributed by atoms with Crippen molar-refractivity contribution >= 4 is 49.9 Å². The summed E-state index contributed by atoms with van der Waals surface area (Å²) in [5.74, 6) is 0.848. The molecule has 9 nitrogen and oxygen atoms in total. The summed E-state index contributed by atoms with van der Waals surface area (Å²) >= 11 is 3.52. The molecule has 0 fully saturated rings. The minimum Gasteiger partial charge on any atom is -0.465 e. The van der Waals surface area contributed by atoms with Crippen LogP contribution in [-0.4, -0.2) is 44.1 Å². The standard InChI is InChI=1S/C22H19N3O2.C17H15BrN2O2/c1-14-10-19-20(13-18(14)16-7-3-2-4-8-16)24-21(23-19)12-15-6-5-9-17(11-15)22(26)25-27;1-10-6-14-15(9-13(10)18)20-16(19-14)8-11-4-3-5-12(7-11)17(21)22-2/h2-11,13,27H,12H2,1H3,(H,23,24)(H,25,26);3-7,9H,8H2,1-2H3,(H,19,20). The van der Waals surface area contributed by atoms with Crippen LogP contribution in [0.5, 0.6) is 0 Å². The first-order valence-corrected chi connectivity index (χ1v) is 16.4. The van der Waals surface area contributed by atoms with Crippen molar-refractivity contribution in [1.29, 1.82) is 0 Å². The van der Waals surface area contributed by atoms with Crippen LogP contribution in [0.15, 0.2) is 108 Å².